The Bertz CT molecular complexity index is 668. The van der Waals surface area contributed by atoms with E-state index in [1.165, 1.54) is 16.6 Å². The minimum Gasteiger partial charge on any atom is -0.455 e. The molecular weight excluding hydrogens is 330 g/mol. The lowest BCUT2D eigenvalue weighted by molar-refractivity contribution is -0.144. The summed E-state index contributed by atoms with van der Waals surface area (Å²) in [4.78, 5) is 24.7. The van der Waals surface area contributed by atoms with Gasteiger partial charge in [0.05, 0.1) is 5.75 Å². The minimum atomic E-state index is -0.373. The van der Waals surface area contributed by atoms with Crippen molar-refractivity contribution in [2.45, 2.75) is 19.6 Å². The van der Waals surface area contributed by atoms with Crippen molar-refractivity contribution in [3.63, 3.8) is 0 Å². The predicted octanol–water partition coefficient (Wildman–Crippen LogP) is 3.78. The molecule has 0 atom stereocenters. The van der Waals surface area contributed by atoms with Gasteiger partial charge in [0.1, 0.15) is 0 Å². The molecule has 0 saturated heterocycles. The molecule has 0 spiro atoms. The van der Waals surface area contributed by atoms with Gasteiger partial charge in [-0.25, -0.2) is 0 Å². The number of thiophene rings is 1. The number of hydrogen-bond acceptors (Lipinski definition) is 5. The van der Waals surface area contributed by atoms with E-state index in [1.54, 1.807) is 11.3 Å². The number of ether oxygens (including phenoxy) is 1. The van der Waals surface area contributed by atoms with Crippen LogP contribution in [0.2, 0.25) is 0 Å². The largest absolute Gasteiger partial charge is 0.455 e. The van der Waals surface area contributed by atoms with Gasteiger partial charge < -0.3 is 10.1 Å². The van der Waals surface area contributed by atoms with Gasteiger partial charge in [0.15, 0.2) is 6.61 Å². The molecule has 0 radical (unpaired) electrons. The zero-order chi connectivity index (χ0) is 16.7. The molecule has 2 rings (SSSR count). The van der Waals surface area contributed by atoms with Gasteiger partial charge in [-0.05, 0) is 36.9 Å². The zero-order valence-electron chi connectivity index (χ0n) is 13.1. The molecule has 1 heterocycles. The third-order valence-electron chi connectivity index (χ3n) is 3.06. The van der Waals surface area contributed by atoms with E-state index in [-0.39, 0.29) is 24.2 Å². The Labute approximate surface area is 144 Å². The van der Waals surface area contributed by atoms with E-state index < -0.39 is 0 Å². The smallest absolute Gasteiger partial charge is 0.316 e. The first-order chi connectivity index (χ1) is 11.0. The van der Waals surface area contributed by atoms with Gasteiger partial charge in [0.25, 0.3) is 5.91 Å². The van der Waals surface area contributed by atoms with Crippen molar-refractivity contribution < 1.29 is 14.3 Å². The first kappa shape index (κ1) is 17.6. The Morgan fingerprint density at radius 2 is 2.09 bits per heavy atom. The molecule has 122 valence electrons. The Morgan fingerprint density at radius 1 is 1.26 bits per heavy atom. The number of benzene rings is 1. The SMILES string of the molecule is Cc1ccc(NC(=O)COC(=O)CSCc2cccs2)c(C)c1. The zero-order valence-corrected chi connectivity index (χ0v) is 14.8. The van der Waals surface area contributed by atoms with Crippen LogP contribution in [0.1, 0.15) is 16.0 Å². The number of hydrogen-bond donors (Lipinski definition) is 1. The number of rotatable bonds is 7. The summed E-state index contributed by atoms with van der Waals surface area (Å²) in [6, 6.07) is 9.77. The summed E-state index contributed by atoms with van der Waals surface area (Å²) in [5.41, 5.74) is 2.86. The molecule has 0 fully saturated rings. The van der Waals surface area contributed by atoms with E-state index in [9.17, 15) is 9.59 Å². The third kappa shape index (κ3) is 6.08. The molecule has 23 heavy (non-hydrogen) atoms. The number of thioether (sulfide) groups is 1. The van der Waals surface area contributed by atoms with Gasteiger partial charge in [-0.2, -0.15) is 0 Å². The van der Waals surface area contributed by atoms with Crippen molar-refractivity contribution in [3.05, 3.63) is 51.7 Å². The van der Waals surface area contributed by atoms with E-state index in [1.807, 2.05) is 49.6 Å². The van der Waals surface area contributed by atoms with Crippen molar-refractivity contribution in [1.82, 2.24) is 0 Å². The molecule has 4 nitrogen and oxygen atoms in total. The highest BCUT2D eigenvalue weighted by Crippen LogP contribution is 2.17. The predicted molar refractivity (Wildman–Crippen MR) is 96.0 cm³/mol. The van der Waals surface area contributed by atoms with E-state index in [4.69, 9.17) is 4.74 Å². The number of anilines is 1. The highest BCUT2D eigenvalue weighted by atomic mass is 32.2. The number of nitrogens with one attached hydrogen (secondary N) is 1. The van der Waals surface area contributed by atoms with E-state index in [2.05, 4.69) is 5.32 Å². The van der Waals surface area contributed by atoms with E-state index in [0.29, 0.717) is 0 Å². The average Bonchev–Trinajstić information content (AvgIpc) is 3.01. The monoisotopic (exact) mass is 349 g/mol. The quantitative estimate of drug-likeness (QED) is 0.773. The molecule has 0 aliphatic carbocycles. The molecule has 1 N–H and O–H groups in total. The van der Waals surface area contributed by atoms with Gasteiger partial charge in [-0.3, -0.25) is 9.59 Å². The van der Waals surface area contributed by atoms with E-state index >= 15 is 0 Å². The molecule has 0 saturated carbocycles. The standard InChI is InChI=1S/C17H19NO3S2/c1-12-5-6-15(13(2)8-12)18-16(19)9-21-17(20)11-22-10-14-4-3-7-23-14/h3-8H,9-11H2,1-2H3,(H,18,19). The molecule has 6 heteroatoms. The van der Waals surface area contributed by atoms with Crippen LogP contribution in [0.3, 0.4) is 0 Å². The van der Waals surface area contributed by atoms with Crippen molar-refractivity contribution in [3.8, 4) is 0 Å². The van der Waals surface area contributed by atoms with Crippen LogP contribution in [-0.4, -0.2) is 24.2 Å². The summed E-state index contributed by atoms with van der Waals surface area (Å²) >= 11 is 3.14. The third-order valence-corrected chi connectivity index (χ3v) is 5.08. The average molecular weight is 349 g/mol. The lowest BCUT2D eigenvalue weighted by Crippen LogP contribution is -2.22. The Balaban J connectivity index is 1.68. The normalized spacial score (nSPS) is 10.3. The van der Waals surface area contributed by atoms with Crippen LogP contribution < -0.4 is 5.32 Å². The molecule has 1 aromatic carbocycles. The van der Waals surface area contributed by atoms with Gasteiger partial charge in [-0.15, -0.1) is 23.1 Å². The van der Waals surface area contributed by atoms with Crippen molar-refractivity contribution in [2.75, 3.05) is 17.7 Å². The molecule has 1 aromatic heterocycles. The molecule has 1 amide bonds. The molecule has 0 aliphatic rings. The van der Waals surface area contributed by atoms with Crippen LogP contribution >= 0.6 is 23.1 Å². The molecule has 2 aromatic rings. The summed E-state index contributed by atoms with van der Waals surface area (Å²) < 4.78 is 4.99. The number of carbonyl (C=O) groups is 2. The van der Waals surface area contributed by atoms with Crippen LogP contribution in [0.15, 0.2) is 35.7 Å². The first-order valence-electron chi connectivity index (χ1n) is 7.17. The van der Waals surface area contributed by atoms with Crippen LogP contribution in [0.25, 0.3) is 0 Å². The summed E-state index contributed by atoms with van der Waals surface area (Å²) in [6.45, 7) is 3.66. The summed E-state index contributed by atoms with van der Waals surface area (Å²) in [5.74, 6) is 0.326. The van der Waals surface area contributed by atoms with Gasteiger partial charge in [0, 0.05) is 16.3 Å². The Kier molecular flexibility index (Phi) is 6.67. The first-order valence-corrected chi connectivity index (χ1v) is 9.21. The summed E-state index contributed by atoms with van der Waals surface area (Å²) in [5, 5.41) is 4.76. The van der Waals surface area contributed by atoms with E-state index in [0.717, 1.165) is 22.6 Å². The fraction of sp³-hybridized carbons (Fsp3) is 0.294. The summed E-state index contributed by atoms with van der Waals surface area (Å²) in [7, 11) is 0. The highest BCUT2D eigenvalue weighted by molar-refractivity contribution is 7.99. The second kappa shape index (κ2) is 8.74. The fourth-order valence-electron chi connectivity index (χ4n) is 1.96. The number of aryl methyl sites for hydroxylation is 2. The van der Waals surface area contributed by atoms with Crippen molar-refractivity contribution >= 4 is 40.7 Å². The number of esters is 1. The fourth-order valence-corrected chi connectivity index (χ4v) is 3.62. The number of amides is 1. The van der Waals surface area contributed by atoms with Gasteiger partial charge >= 0.3 is 5.97 Å². The molecule has 0 aliphatic heterocycles. The van der Waals surface area contributed by atoms with Crippen LogP contribution in [0, 0.1) is 13.8 Å². The number of carbonyl (C=O) groups excluding carboxylic acids is 2. The second-order valence-electron chi connectivity index (χ2n) is 5.10. The van der Waals surface area contributed by atoms with Gasteiger partial charge in [-0.1, -0.05) is 23.8 Å². The molecule has 0 unspecified atom stereocenters. The molecule has 0 bridgehead atoms. The lowest BCUT2D eigenvalue weighted by atomic mass is 10.1. The maximum absolute atomic E-state index is 11.8. The summed E-state index contributed by atoms with van der Waals surface area (Å²) in [6.07, 6.45) is 0. The topological polar surface area (TPSA) is 55.4 Å². The molecular formula is C17H19NO3S2. The Morgan fingerprint density at radius 3 is 2.78 bits per heavy atom. The second-order valence-corrected chi connectivity index (χ2v) is 7.12. The minimum absolute atomic E-state index is 0.245. The van der Waals surface area contributed by atoms with Crippen LogP contribution in [0.5, 0.6) is 0 Å². The Hall–Kier alpha value is -1.79. The lowest BCUT2D eigenvalue weighted by Gasteiger charge is -2.09. The van der Waals surface area contributed by atoms with Crippen molar-refractivity contribution in [1.29, 1.82) is 0 Å². The van der Waals surface area contributed by atoms with Crippen molar-refractivity contribution in [2.24, 2.45) is 0 Å². The maximum atomic E-state index is 11.8. The van der Waals surface area contributed by atoms with Crippen LogP contribution in [0.4, 0.5) is 5.69 Å². The highest BCUT2D eigenvalue weighted by Gasteiger charge is 2.09. The maximum Gasteiger partial charge on any atom is 0.316 e. The van der Waals surface area contributed by atoms with Crippen LogP contribution in [-0.2, 0) is 20.1 Å². The van der Waals surface area contributed by atoms with Gasteiger partial charge in [0.2, 0.25) is 0 Å².